The van der Waals surface area contributed by atoms with E-state index in [4.69, 9.17) is 4.74 Å². The SMILES string of the molecule is CC.CC.CCc1ccnc(OCCc2cccs2)c1. The molecule has 2 aromatic heterocycles. The molecule has 0 amide bonds. The van der Waals surface area contributed by atoms with Crippen LogP contribution in [0.25, 0.3) is 0 Å². The predicted molar refractivity (Wildman–Crippen MR) is 89.8 cm³/mol. The fraction of sp³-hybridized carbons (Fsp3) is 0.471. The Hall–Kier alpha value is -1.35. The second-order valence-electron chi connectivity index (χ2n) is 3.53. The van der Waals surface area contributed by atoms with Gasteiger partial charge in [-0.3, -0.25) is 0 Å². The first kappa shape index (κ1) is 18.7. The van der Waals surface area contributed by atoms with E-state index in [0.29, 0.717) is 6.61 Å². The van der Waals surface area contributed by atoms with Gasteiger partial charge < -0.3 is 4.74 Å². The summed E-state index contributed by atoms with van der Waals surface area (Å²) in [5.41, 5.74) is 1.26. The van der Waals surface area contributed by atoms with E-state index >= 15 is 0 Å². The van der Waals surface area contributed by atoms with Crippen LogP contribution < -0.4 is 4.74 Å². The van der Waals surface area contributed by atoms with Gasteiger partial charge in [0.05, 0.1) is 6.61 Å². The maximum absolute atomic E-state index is 5.62. The molecule has 2 rings (SSSR count). The molecular formula is C17H27NOS. The van der Waals surface area contributed by atoms with Crippen molar-refractivity contribution in [2.75, 3.05) is 6.61 Å². The molecule has 112 valence electrons. The lowest BCUT2D eigenvalue weighted by Crippen LogP contribution is -2.01. The van der Waals surface area contributed by atoms with Gasteiger partial charge in [-0.15, -0.1) is 11.3 Å². The summed E-state index contributed by atoms with van der Waals surface area (Å²) in [6.45, 7) is 10.8. The van der Waals surface area contributed by atoms with Crippen LogP contribution in [-0.2, 0) is 12.8 Å². The number of aromatic nitrogens is 1. The maximum atomic E-state index is 5.62. The Balaban J connectivity index is 0.000000829. The van der Waals surface area contributed by atoms with Gasteiger partial charge in [-0.05, 0) is 29.5 Å². The molecule has 0 aliphatic heterocycles. The van der Waals surface area contributed by atoms with Gasteiger partial charge in [0.1, 0.15) is 0 Å². The summed E-state index contributed by atoms with van der Waals surface area (Å²) in [7, 11) is 0. The standard InChI is InChI=1S/C13H15NOS.2C2H6/c1-2-11-5-7-14-13(10-11)15-8-6-12-4-3-9-16-12;2*1-2/h3-5,7,9-10H,2,6,8H2,1H3;2*1-2H3. The highest BCUT2D eigenvalue weighted by Gasteiger charge is 1.98. The lowest BCUT2D eigenvalue weighted by atomic mass is 10.2. The molecular weight excluding hydrogens is 266 g/mol. The lowest BCUT2D eigenvalue weighted by molar-refractivity contribution is 0.310. The van der Waals surface area contributed by atoms with Gasteiger partial charge in [0.25, 0.3) is 0 Å². The van der Waals surface area contributed by atoms with Crippen molar-refractivity contribution in [3.63, 3.8) is 0 Å². The highest BCUT2D eigenvalue weighted by Crippen LogP contribution is 2.12. The summed E-state index contributed by atoms with van der Waals surface area (Å²) in [6, 6.07) is 8.22. The Labute approximate surface area is 127 Å². The molecule has 0 N–H and O–H groups in total. The van der Waals surface area contributed by atoms with Crippen LogP contribution in [-0.4, -0.2) is 11.6 Å². The van der Waals surface area contributed by atoms with Gasteiger partial charge in [-0.25, -0.2) is 4.98 Å². The summed E-state index contributed by atoms with van der Waals surface area (Å²) in [5.74, 6) is 0.732. The van der Waals surface area contributed by atoms with Crippen molar-refractivity contribution >= 4 is 11.3 Å². The number of aryl methyl sites for hydroxylation is 1. The van der Waals surface area contributed by atoms with Crippen molar-refractivity contribution in [3.8, 4) is 5.88 Å². The summed E-state index contributed by atoms with van der Waals surface area (Å²) >= 11 is 1.77. The minimum absolute atomic E-state index is 0.695. The molecule has 2 nitrogen and oxygen atoms in total. The lowest BCUT2D eigenvalue weighted by Gasteiger charge is -2.05. The van der Waals surface area contributed by atoms with E-state index in [9.17, 15) is 0 Å². The largest absolute Gasteiger partial charge is 0.477 e. The van der Waals surface area contributed by atoms with Crippen molar-refractivity contribution in [1.82, 2.24) is 4.98 Å². The zero-order valence-corrected chi connectivity index (χ0v) is 14.2. The predicted octanol–water partition coefficient (Wildman–Crippen LogP) is 5.38. The van der Waals surface area contributed by atoms with Crippen LogP contribution >= 0.6 is 11.3 Å². The second kappa shape index (κ2) is 12.7. The van der Waals surface area contributed by atoms with Crippen molar-refractivity contribution in [1.29, 1.82) is 0 Å². The van der Waals surface area contributed by atoms with E-state index in [1.54, 1.807) is 17.5 Å². The van der Waals surface area contributed by atoms with Gasteiger partial charge >= 0.3 is 0 Å². The summed E-state index contributed by atoms with van der Waals surface area (Å²) in [4.78, 5) is 5.54. The van der Waals surface area contributed by atoms with Crippen LogP contribution in [0.4, 0.5) is 0 Å². The van der Waals surface area contributed by atoms with Gasteiger partial charge in [0.2, 0.25) is 5.88 Å². The first-order chi connectivity index (χ1) is 9.88. The number of hydrogen-bond donors (Lipinski definition) is 0. The molecule has 0 aliphatic rings. The Morgan fingerprint density at radius 1 is 1.15 bits per heavy atom. The molecule has 0 fully saturated rings. The van der Waals surface area contributed by atoms with Crippen molar-refractivity contribution in [2.45, 2.75) is 47.5 Å². The van der Waals surface area contributed by atoms with E-state index < -0.39 is 0 Å². The van der Waals surface area contributed by atoms with E-state index in [2.05, 4.69) is 29.4 Å². The Morgan fingerprint density at radius 3 is 2.50 bits per heavy atom. The first-order valence-corrected chi connectivity index (χ1v) is 8.36. The molecule has 0 saturated carbocycles. The molecule has 3 heteroatoms. The van der Waals surface area contributed by atoms with Crippen LogP contribution in [0, 0.1) is 0 Å². The highest BCUT2D eigenvalue weighted by molar-refractivity contribution is 7.09. The third-order valence-electron chi connectivity index (χ3n) is 2.39. The second-order valence-corrected chi connectivity index (χ2v) is 4.57. The molecule has 0 aliphatic carbocycles. The van der Waals surface area contributed by atoms with Crippen LogP contribution in [0.5, 0.6) is 5.88 Å². The minimum Gasteiger partial charge on any atom is -0.477 e. The number of hydrogen-bond acceptors (Lipinski definition) is 3. The number of nitrogens with zero attached hydrogens (tertiary/aromatic N) is 1. The third-order valence-corrected chi connectivity index (χ3v) is 3.32. The monoisotopic (exact) mass is 293 g/mol. The average Bonchev–Trinajstić information content (AvgIpc) is 3.05. The molecule has 0 radical (unpaired) electrons. The zero-order chi connectivity index (χ0) is 15.2. The summed E-state index contributed by atoms with van der Waals surface area (Å²) in [5, 5.41) is 2.09. The molecule has 0 bridgehead atoms. The summed E-state index contributed by atoms with van der Waals surface area (Å²) < 4.78 is 5.62. The minimum atomic E-state index is 0.695. The van der Waals surface area contributed by atoms with Crippen LogP contribution in [0.1, 0.15) is 45.1 Å². The van der Waals surface area contributed by atoms with E-state index in [1.165, 1.54) is 10.4 Å². The van der Waals surface area contributed by atoms with Gasteiger partial charge in [-0.1, -0.05) is 40.7 Å². The first-order valence-electron chi connectivity index (χ1n) is 7.48. The van der Waals surface area contributed by atoms with Crippen LogP contribution in [0.2, 0.25) is 0 Å². The van der Waals surface area contributed by atoms with Gasteiger partial charge in [0.15, 0.2) is 0 Å². The van der Waals surface area contributed by atoms with E-state index in [0.717, 1.165) is 18.7 Å². The Bertz CT molecular complexity index is 426. The number of ether oxygens (including phenoxy) is 1. The zero-order valence-electron chi connectivity index (χ0n) is 13.3. The molecule has 0 spiro atoms. The Morgan fingerprint density at radius 2 is 1.90 bits per heavy atom. The van der Waals surface area contributed by atoms with E-state index in [-0.39, 0.29) is 0 Å². The molecule has 0 saturated heterocycles. The third kappa shape index (κ3) is 7.29. The molecule has 0 unspecified atom stereocenters. The number of thiophene rings is 1. The average molecular weight is 293 g/mol. The smallest absolute Gasteiger partial charge is 0.213 e. The number of rotatable bonds is 5. The van der Waals surface area contributed by atoms with Gasteiger partial charge in [-0.2, -0.15) is 0 Å². The van der Waals surface area contributed by atoms with Gasteiger partial charge in [0, 0.05) is 23.6 Å². The Kier molecular flexibility index (Phi) is 11.8. The topological polar surface area (TPSA) is 22.1 Å². The molecule has 2 aromatic rings. The molecule has 0 aromatic carbocycles. The van der Waals surface area contributed by atoms with Crippen molar-refractivity contribution in [2.24, 2.45) is 0 Å². The van der Waals surface area contributed by atoms with E-state index in [1.807, 2.05) is 39.8 Å². The van der Waals surface area contributed by atoms with Crippen LogP contribution in [0.3, 0.4) is 0 Å². The molecule has 20 heavy (non-hydrogen) atoms. The molecule has 2 heterocycles. The van der Waals surface area contributed by atoms with Crippen molar-refractivity contribution < 1.29 is 4.74 Å². The molecule has 0 atom stereocenters. The normalized spacial score (nSPS) is 8.85. The quantitative estimate of drug-likeness (QED) is 0.738. The van der Waals surface area contributed by atoms with Crippen molar-refractivity contribution in [3.05, 3.63) is 46.3 Å². The summed E-state index contributed by atoms with van der Waals surface area (Å²) in [6.07, 6.45) is 3.78. The maximum Gasteiger partial charge on any atom is 0.213 e. The van der Waals surface area contributed by atoms with Crippen LogP contribution in [0.15, 0.2) is 35.8 Å². The highest BCUT2D eigenvalue weighted by atomic mass is 32.1. The number of pyridine rings is 1. The fourth-order valence-electron chi connectivity index (χ4n) is 1.46. The fourth-order valence-corrected chi connectivity index (χ4v) is 2.15.